The predicted molar refractivity (Wildman–Crippen MR) is 101 cm³/mol. The SMILES string of the molecule is CS(=O)(=O)N1CCCC(OC(=O)C(O)(c2ccccc2)c2ccccc2)C1. The third-order valence-electron chi connectivity index (χ3n) is 4.76. The normalized spacial score (nSPS) is 18.8. The minimum absolute atomic E-state index is 0.101. The molecule has 1 atom stereocenters. The number of hydrogen-bond donors (Lipinski definition) is 1. The van der Waals surface area contributed by atoms with Crippen LogP contribution in [0.15, 0.2) is 60.7 Å². The summed E-state index contributed by atoms with van der Waals surface area (Å²) in [5.41, 5.74) is -1.16. The lowest BCUT2D eigenvalue weighted by Crippen LogP contribution is -2.46. The molecule has 6 nitrogen and oxygen atoms in total. The first-order chi connectivity index (χ1) is 12.8. The topological polar surface area (TPSA) is 83.9 Å². The van der Waals surface area contributed by atoms with Gasteiger partial charge in [-0.1, -0.05) is 60.7 Å². The van der Waals surface area contributed by atoms with Gasteiger partial charge in [-0.25, -0.2) is 13.2 Å². The number of sulfonamides is 1. The molecule has 0 bridgehead atoms. The molecule has 2 aromatic carbocycles. The smallest absolute Gasteiger partial charge is 0.348 e. The second-order valence-electron chi connectivity index (χ2n) is 6.73. The van der Waals surface area contributed by atoms with E-state index in [9.17, 15) is 18.3 Å². The van der Waals surface area contributed by atoms with Gasteiger partial charge in [0, 0.05) is 6.54 Å². The third kappa shape index (κ3) is 4.21. The number of hydrogen-bond acceptors (Lipinski definition) is 5. The Kier molecular flexibility index (Phi) is 5.64. The molecule has 1 fully saturated rings. The summed E-state index contributed by atoms with van der Waals surface area (Å²) in [6.07, 6.45) is 1.69. The number of piperidine rings is 1. The van der Waals surface area contributed by atoms with E-state index in [1.807, 2.05) is 0 Å². The van der Waals surface area contributed by atoms with Crippen LogP contribution in [0.4, 0.5) is 0 Å². The number of carbonyl (C=O) groups excluding carboxylic acids is 1. The fourth-order valence-corrected chi connectivity index (χ4v) is 4.20. The summed E-state index contributed by atoms with van der Waals surface area (Å²) in [5.74, 6) is -0.805. The first-order valence-electron chi connectivity index (χ1n) is 8.81. The zero-order chi connectivity index (χ0) is 19.5. The number of rotatable bonds is 5. The summed E-state index contributed by atoms with van der Waals surface area (Å²) in [5, 5.41) is 11.4. The van der Waals surface area contributed by atoms with Crippen molar-refractivity contribution in [3.63, 3.8) is 0 Å². The summed E-state index contributed by atoms with van der Waals surface area (Å²) < 4.78 is 30.5. The van der Waals surface area contributed by atoms with Crippen molar-refractivity contribution in [1.29, 1.82) is 0 Å². The highest BCUT2D eigenvalue weighted by atomic mass is 32.2. The fourth-order valence-electron chi connectivity index (χ4n) is 3.30. The van der Waals surface area contributed by atoms with Gasteiger partial charge >= 0.3 is 5.97 Å². The van der Waals surface area contributed by atoms with Gasteiger partial charge in [-0.15, -0.1) is 0 Å². The Bertz CT molecular complexity index is 844. The molecule has 1 unspecified atom stereocenters. The molecule has 0 spiro atoms. The molecular weight excluding hydrogens is 366 g/mol. The molecule has 7 heteroatoms. The van der Waals surface area contributed by atoms with Gasteiger partial charge in [0.1, 0.15) is 6.10 Å². The molecule has 0 aromatic heterocycles. The third-order valence-corrected chi connectivity index (χ3v) is 6.03. The molecule has 1 saturated heterocycles. The quantitative estimate of drug-likeness (QED) is 0.790. The Labute approximate surface area is 159 Å². The molecule has 144 valence electrons. The summed E-state index contributed by atoms with van der Waals surface area (Å²) in [6.45, 7) is 0.513. The number of nitrogens with zero attached hydrogens (tertiary/aromatic N) is 1. The lowest BCUT2D eigenvalue weighted by Gasteiger charge is -2.34. The van der Waals surface area contributed by atoms with E-state index in [4.69, 9.17) is 4.74 Å². The van der Waals surface area contributed by atoms with Crippen molar-refractivity contribution in [1.82, 2.24) is 4.31 Å². The molecule has 1 aliphatic rings. The molecular formula is C20H23NO5S. The summed E-state index contributed by atoms with van der Waals surface area (Å²) >= 11 is 0. The van der Waals surface area contributed by atoms with Gasteiger partial charge < -0.3 is 9.84 Å². The number of aliphatic hydroxyl groups is 1. The number of benzene rings is 2. The Morgan fingerprint density at radius 1 is 1.07 bits per heavy atom. The van der Waals surface area contributed by atoms with Crippen molar-refractivity contribution >= 4 is 16.0 Å². The molecule has 0 aliphatic carbocycles. The van der Waals surface area contributed by atoms with Gasteiger partial charge in [-0.05, 0) is 24.0 Å². The van der Waals surface area contributed by atoms with Crippen LogP contribution < -0.4 is 0 Å². The highest BCUT2D eigenvalue weighted by Crippen LogP contribution is 2.32. The number of ether oxygens (including phenoxy) is 1. The Morgan fingerprint density at radius 2 is 1.59 bits per heavy atom. The maximum absolute atomic E-state index is 13.1. The van der Waals surface area contributed by atoms with Crippen molar-refractivity contribution in [2.45, 2.75) is 24.5 Å². The van der Waals surface area contributed by atoms with Crippen LogP contribution >= 0.6 is 0 Å². The Hall–Kier alpha value is -2.22. The van der Waals surface area contributed by atoms with Crippen LogP contribution in [-0.4, -0.2) is 49.2 Å². The van der Waals surface area contributed by atoms with E-state index in [2.05, 4.69) is 0 Å². The minimum atomic E-state index is -3.35. The molecule has 27 heavy (non-hydrogen) atoms. The zero-order valence-corrected chi connectivity index (χ0v) is 15.9. The van der Waals surface area contributed by atoms with Crippen LogP contribution in [0.2, 0.25) is 0 Å². The van der Waals surface area contributed by atoms with Gasteiger partial charge in [-0.2, -0.15) is 4.31 Å². The van der Waals surface area contributed by atoms with Crippen molar-refractivity contribution in [2.75, 3.05) is 19.3 Å². The Balaban J connectivity index is 1.89. The van der Waals surface area contributed by atoms with Crippen molar-refractivity contribution in [3.8, 4) is 0 Å². The van der Waals surface area contributed by atoms with E-state index < -0.39 is 27.7 Å². The molecule has 0 amide bonds. The average Bonchev–Trinajstić information content (AvgIpc) is 2.68. The van der Waals surface area contributed by atoms with Crippen LogP contribution in [0.3, 0.4) is 0 Å². The van der Waals surface area contributed by atoms with Crippen LogP contribution in [0.5, 0.6) is 0 Å². The van der Waals surface area contributed by atoms with Crippen LogP contribution in [0, 0.1) is 0 Å². The van der Waals surface area contributed by atoms with Gasteiger partial charge in [0.15, 0.2) is 0 Å². The van der Waals surface area contributed by atoms with Crippen LogP contribution in [0.1, 0.15) is 24.0 Å². The Morgan fingerprint density at radius 3 is 2.07 bits per heavy atom. The second kappa shape index (κ2) is 7.80. The molecule has 1 N–H and O–H groups in total. The lowest BCUT2D eigenvalue weighted by molar-refractivity contribution is -0.169. The maximum atomic E-state index is 13.1. The summed E-state index contributed by atoms with van der Waals surface area (Å²) in [6, 6.07) is 17.2. The molecule has 0 radical (unpaired) electrons. The highest BCUT2D eigenvalue weighted by molar-refractivity contribution is 7.88. The molecule has 1 heterocycles. The van der Waals surface area contributed by atoms with E-state index >= 15 is 0 Å². The van der Waals surface area contributed by atoms with Crippen molar-refractivity contribution < 1.29 is 23.1 Å². The van der Waals surface area contributed by atoms with E-state index in [0.717, 1.165) is 6.26 Å². The number of esters is 1. The largest absolute Gasteiger partial charge is 0.458 e. The van der Waals surface area contributed by atoms with Gasteiger partial charge in [0.2, 0.25) is 15.6 Å². The van der Waals surface area contributed by atoms with Gasteiger partial charge in [0.05, 0.1) is 12.8 Å². The lowest BCUT2D eigenvalue weighted by atomic mass is 9.86. The molecule has 2 aromatic rings. The minimum Gasteiger partial charge on any atom is -0.458 e. The molecule has 1 aliphatic heterocycles. The molecule has 3 rings (SSSR count). The van der Waals surface area contributed by atoms with E-state index in [1.165, 1.54) is 4.31 Å². The zero-order valence-electron chi connectivity index (χ0n) is 15.1. The van der Waals surface area contributed by atoms with E-state index in [1.54, 1.807) is 60.7 Å². The highest BCUT2D eigenvalue weighted by Gasteiger charge is 2.43. The first-order valence-corrected chi connectivity index (χ1v) is 10.7. The van der Waals surface area contributed by atoms with Crippen LogP contribution in [-0.2, 0) is 25.2 Å². The van der Waals surface area contributed by atoms with E-state index in [0.29, 0.717) is 30.5 Å². The van der Waals surface area contributed by atoms with Crippen molar-refractivity contribution in [3.05, 3.63) is 71.8 Å². The predicted octanol–water partition coefficient (Wildman–Crippen LogP) is 1.89. The number of carbonyl (C=O) groups is 1. The summed E-state index contributed by atoms with van der Waals surface area (Å²) in [7, 11) is -3.35. The maximum Gasteiger partial charge on any atom is 0.348 e. The summed E-state index contributed by atoms with van der Waals surface area (Å²) in [4.78, 5) is 13.1. The molecule has 0 saturated carbocycles. The monoisotopic (exact) mass is 389 g/mol. The standard InChI is InChI=1S/C20H23NO5S/c1-27(24,25)21-14-8-13-18(15-21)26-19(22)20(23,16-9-4-2-5-10-16)17-11-6-3-7-12-17/h2-7,9-12,18,23H,8,13-15H2,1H3. The average molecular weight is 389 g/mol. The van der Waals surface area contributed by atoms with Gasteiger partial charge in [0.25, 0.3) is 0 Å². The first kappa shape index (κ1) is 19.5. The van der Waals surface area contributed by atoms with E-state index in [-0.39, 0.29) is 6.54 Å². The van der Waals surface area contributed by atoms with Crippen LogP contribution in [0.25, 0.3) is 0 Å². The fraction of sp³-hybridized carbons (Fsp3) is 0.350. The van der Waals surface area contributed by atoms with Gasteiger partial charge in [-0.3, -0.25) is 0 Å². The van der Waals surface area contributed by atoms with Crippen molar-refractivity contribution in [2.24, 2.45) is 0 Å². The second-order valence-corrected chi connectivity index (χ2v) is 8.72.